The first-order valence-corrected chi connectivity index (χ1v) is 8.28. The summed E-state index contributed by atoms with van der Waals surface area (Å²) in [5.41, 5.74) is 1.96. The number of nitrogens with one attached hydrogen (secondary N) is 1. The van der Waals surface area contributed by atoms with Crippen LogP contribution >= 0.6 is 0 Å². The van der Waals surface area contributed by atoms with Crippen LogP contribution in [0.1, 0.15) is 57.0 Å². The number of aliphatic hydroxyl groups is 1. The summed E-state index contributed by atoms with van der Waals surface area (Å²) < 4.78 is 5.87. The van der Waals surface area contributed by atoms with Crippen molar-refractivity contribution in [2.45, 2.75) is 52.2 Å². The van der Waals surface area contributed by atoms with Gasteiger partial charge in [-0.1, -0.05) is 50.5 Å². The zero-order valence-corrected chi connectivity index (χ0v) is 13.6. The van der Waals surface area contributed by atoms with Crippen LogP contribution in [0.2, 0.25) is 0 Å². The molecule has 0 amide bonds. The van der Waals surface area contributed by atoms with Gasteiger partial charge in [0, 0.05) is 5.56 Å². The highest BCUT2D eigenvalue weighted by Gasteiger charge is 2.06. The fourth-order valence-corrected chi connectivity index (χ4v) is 2.44. The van der Waals surface area contributed by atoms with E-state index in [0.29, 0.717) is 0 Å². The lowest BCUT2D eigenvalue weighted by Crippen LogP contribution is -2.14. The Morgan fingerprint density at radius 3 is 2.50 bits per heavy atom. The van der Waals surface area contributed by atoms with Crippen molar-refractivity contribution in [2.24, 2.45) is 0 Å². The van der Waals surface area contributed by atoms with Crippen molar-refractivity contribution in [3.63, 3.8) is 0 Å². The minimum Gasteiger partial charge on any atom is -0.460 e. The van der Waals surface area contributed by atoms with Crippen molar-refractivity contribution >= 4 is 0 Å². The molecule has 1 atom stereocenters. The van der Waals surface area contributed by atoms with Gasteiger partial charge in [-0.15, -0.1) is 0 Å². The first-order chi connectivity index (χ1) is 10.7. The van der Waals surface area contributed by atoms with E-state index in [1.165, 1.54) is 25.7 Å². The van der Waals surface area contributed by atoms with Crippen LogP contribution < -0.4 is 5.32 Å². The van der Waals surface area contributed by atoms with Gasteiger partial charge in [0.2, 0.25) is 0 Å². The molecule has 0 aliphatic heterocycles. The van der Waals surface area contributed by atoms with Crippen molar-refractivity contribution in [1.29, 1.82) is 0 Å². The zero-order chi connectivity index (χ0) is 15.8. The topological polar surface area (TPSA) is 45.4 Å². The normalized spacial score (nSPS) is 12.5. The molecule has 3 heteroatoms. The van der Waals surface area contributed by atoms with Gasteiger partial charge >= 0.3 is 0 Å². The smallest absolute Gasteiger partial charge is 0.134 e. The second-order valence-corrected chi connectivity index (χ2v) is 5.80. The van der Waals surface area contributed by atoms with Gasteiger partial charge in [-0.3, -0.25) is 0 Å². The fraction of sp³-hybridized carbons (Fsp3) is 0.474. The Hall–Kier alpha value is -1.58. The Bertz CT molecular complexity index is 543. The second-order valence-electron chi connectivity index (χ2n) is 5.80. The molecular formula is C19H27NO2. The molecule has 0 aliphatic carbocycles. The molecule has 2 N–H and O–H groups in total. The van der Waals surface area contributed by atoms with Crippen molar-refractivity contribution < 1.29 is 9.52 Å². The molecule has 0 fully saturated rings. The monoisotopic (exact) mass is 301 g/mol. The fourth-order valence-electron chi connectivity index (χ4n) is 2.44. The molecule has 2 aromatic rings. The van der Waals surface area contributed by atoms with Crippen LogP contribution in [0.25, 0.3) is 11.3 Å². The molecule has 0 radical (unpaired) electrons. The third-order valence-corrected chi connectivity index (χ3v) is 3.85. The van der Waals surface area contributed by atoms with Crippen molar-refractivity contribution in [1.82, 2.24) is 5.32 Å². The number of aliphatic hydroxyl groups excluding tert-OH is 1. The molecule has 1 aromatic carbocycles. The first kappa shape index (κ1) is 16.8. The van der Waals surface area contributed by atoms with E-state index in [2.05, 4.69) is 12.2 Å². The summed E-state index contributed by atoms with van der Waals surface area (Å²) in [5.74, 6) is 1.84. The number of unbranched alkanes of at least 4 members (excludes halogenated alkanes) is 3. The molecule has 3 nitrogen and oxygen atoms in total. The standard InChI is InChI=1S/C19H27NO2/c1-3-4-5-6-13-20-14-18-11-12-19(22-18)17-9-7-16(8-10-17)15(2)21/h7-12,15,20-21H,3-6,13-14H2,1-2H3/t15-/m1/s1. The molecule has 120 valence electrons. The van der Waals surface area contributed by atoms with E-state index >= 15 is 0 Å². The predicted octanol–water partition coefficient (Wildman–Crippen LogP) is 4.67. The molecule has 0 bridgehead atoms. The molecule has 1 heterocycles. The lowest BCUT2D eigenvalue weighted by molar-refractivity contribution is 0.199. The van der Waals surface area contributed by atoms with E-state index in [1.807, 2.05) is 36.4 Å². The Balaban J connectivity index is 1.83. The van der Waals surface area contributed by atoms with Crippen LogP contribution in [0.3, 0.4) is 0 Å². The van der Waals surface area contributed by atoms with Crippen LogP contribution in [-0.2, 0) is 6.54 Å². The minimum absolute atomic E-state index is 0.432. The molecule has 0 spiro atoms. The van der Waals surface area contributed by atoms with Crippen LogP contribution in [0.15, 0.2) is 40.8 Å². The third-order valence-electron chi connectivity index (χ3n) is 3.85. The number of furan rings is 1. The molecule has 0 unspecified atom stereocenters. The van der Waals surface area contributed by atoms with E-state index in [0.717, 1.165) is 35.7 Å². The number of benzene rings is 1. The highest BCUT2D eigenvalue weighted by Crippen LogP contribution is 2.24. The van der Waals surface area contributed by atoms with E-state index in [9.17, 15) is 5.11 Å². The van der Waals surface area contributed by atoms with Gasteiger partial charge in [0.25, 0.3) is 0 Å². The molecular weight excluding hydrogens is 274 g/mol. The number of hydrogen-bond donors (Lipinski definition) is 2. The van der Waals surface area contributed by atoms with Gasteiger partial charge < -0.3 is 14.8 Å². The maximum Gasteiger partial charge on any atom is 0.134 e. The van der Waals surface area contributed by atoms with Gasteiger partial charge in [-0.05, 0) is 37.6 Å². The average molecular weight is 301 g/mol. The maximum atomic E-state index is 9.53. The van der Waals surface area contributed by atoms with Crippen LogP contribution in [0.5, 0.6) is 0 Å². The first-order valence-electron chi connectivity index (χ1n) is 8.28. The summed E-state index contributed by atoms with van der Waals surface area (Å²) in [7, 11) is 0. The predicted molar refractivity (Wildman–Crippen MR) is 90.6 cm³/mol. The quantitative estimate of drug-likeness (QED) is 0.662. The van der Waals surface area contributed by atoms with E-state index in [4.69, 9.17) is 4.42 Å². The highest BCUT2D eigenvalue weighted by molar-refractivity contribution is 5.58. The lowest BCUT2D eigenvalue weighted by Gasteiger charge is -2.05. The van der Waals surface area contributed by atoms with Gasteiger partial charge in [0.15, 0.2) is 0 Å². The maximum absolute atomic E-state index is 9.53. The summed E-state index contributed by atoms with van der Waals surface area (Å²) in [5, 5.41) is 13.0. The van der Waals surface area contributed by atoms with E-state index in [1.54, 1.807) is 6.92 Å². The van der Waals surface area contributed by atoms with Crippen molar-refractivity contribution in [3.8, 4) is 11.3 Å². The molecule has 0 saturated heterocycles. The minimum atomic E-state index is -0.432. The molecule has 0 aliphatic rings. The van der Waals surface area contributed by atoms with Gasteiger partial charge in [-0.25, -0.2) is 0 Å². The second kappa shape index (κ2) is 8.76. The summed E-state index contributed by atoms with van der Waals surface area (Å²) in [6.45, 7) is 5.81. The van der Waals surface area contributed by atoms with Crippen molar-refractivity contribution in [2.75, 3.05) is 6.54 Å². The molecule has 1 aromatic heterocycles. The summed E-state index contributed by atoms with van der Waals surface area (Å²) in [6, 6.07) is 11.9. The number of hydrogen-bond acceptors (Lipinski definition) is 3. The summed E-state index contributed by atoms with van der Waals surface area (Å²) >= 11 is 0. The Morgan fingerprint density at radius 1 is 1.05 bits per heavy atom. The summed E-state index contributed by atoms with van der Waals surface area (Å²) in [4.78, 5) is 0. The molecule has 2 rings (SSSR count). The Kier molecular flexibility index (Phi) is 6.69. The third kappa shape index (κ3) is 5.00. The van der Waals surface area contributed by atoms with Gasteiger partial charge in [0.05, 0.1) is 12.6 Å². The van der Waals surface area contributed by atoms with Crippen LogP contribution in [-0.4, -0.2) is 11.7 Å². The lowest BCUT2D eigenvalue weighted by atomic mass is 10.1. The molecule has 0 saturated carbocycles. The van der Waals surface area contributed by atoms with Crippen molar-refractivity contribution in [3.05, 3.63) is 47.7 Å². The van der Waals surface area contributed by atoms with Crippen LogP contribution in [0, 0.1) is 0 Å². The SMILES string of the molecule is CCCCCCNCc1ccc(-c2ccc([C@@H](C)O)cc2)o1. The zero-order valence-electron chi connectivity index (χ0n) is 13.6. The Labute approximate surface area is 133 Å². The van der Waals surface area contributed by atoms with E-state index < -0.39 is 6.10 Å². The largest absolute Gasteiger partial charge is 0.460 e. The average Bonchev–Trinajstić information content (AvgIpc) is 3.00. The van der Waals surface area contributed by atoms with Crippen LogP contribution in [0.4, 0.5) is 0 Å². The summed E-state index contributed by atoms with van der Waals surface area (Å²) in [6.07, 6.45) is 4.67. The van der Waals surface area contributed by atoms with E-state index in [-0.39, 0.29) is 0 Å². The van der Waals surface area contributed by atoms with Gasteiger partial charge in [0.1, 0.15) is 11.5 Å². The Morgan fingerprint density at radius 2 is 1.82 bits per heavy atom. The van der Waals surface area contributed by atoms with Gasteiger partial charge in [-0.2, -0.15) is 0 Å². The molecule has 22 heavy (non-hydrogen) atoms. The number of rotatable bonds is 9. The highest BCUT2D eigenvalue weighted by atomic mass is 16.3.